The van der Waals surface area contributed by atoms with Crippen LogP contribution in [0.2, 0.25) is 0 Å². The fourth-order valence-corrected chi connectivity index (χ4v) is 4.24. The van der Waals surface area contributed by atoms with Gasteiger partial charge in [0.05, 0.1) is 24.4 Å². The monoisotopic (exact) mass is 575 g/mol. The number of nitrogens with zero attached hydrogens (tertiary/aromatic N) is 1. The molecule has 1 aromatic rings. The Morgan fingerprint density at radius 3 is 2.65 bits per heavy atom. The summed E-state index contributed by atoms with van der Waals surface area (Å²) in [5.74, 6) is -1.53. The standard InChI is InChI=1S/C27H36F3NO9/c1-18(16-40-31(36)37)15-39-26(35)10-5-3-2-4-9-22-23(25(34)14-24(22)33)12-11-20(32)17-38-21-8-6-7-19(13-21)27(28,29)30/h2,4,6-8,11-13,18,20,22-25,32-34H,3,5,9-10,14-17H2,1H3/b4-2-,12-11+/t18?,20-,22-,23-,24+,25-/m1/s1. The van der Waals surface area contributed by atoms with Crippen molar-refractivity contribution in [1.82, 2.24) is 0 Å². The molecule has 0 bridgehead atoms. The molecule has 0 aromatic heterocycles. The van der Waals surface area contributed by atoms with Crippen LogP contribution >= 0.6 is 0 Å². The van der Waals surface area contributed by atoms with Gasteiger partial charge in [-0.1, -0.05) is 37.3 Å². The van der Waals surface area contributed by atoms with E-state index >= 15 is 0 Å². The Bertz CT molecular complexity index is 1000. The average molecular weight is 576 g/mol. The quantitative estimate of drug-likeness (QED) is 0.0878. The second-order valence-corrected chi connectivity index (χ2v) is 9.81. The molecule has 224 valence electrons. The lowest BCUT2D eigenvalue weighted by Crippen LogP contribution is -2.21. The molecular formula is C27H36F3NO9. The van der Waals surface area contributed by atoms with E-state index < -0.39 is 47.0 Å². The predicted octanol–water partition coefficient (Wildman–Crippen LogP) is 3.86. The predicted molar refractivity (Wildman–Crippen MR) is 136 cm³/mol. The Balaban J connectivity index is 1.74. The molecule has 0 radical (unpaired) electrons. The van der Waals surface area contributed by atoms with Gasteiger partial charge in [-0.2, -0.15) is 13.2 Å². The number of hydrogen-bond acceptors (Lipinski definition) is 9. The number of alkyl halides is 3. The van der Waals surface area contributed by atoms with Gasteiger partial charge in [-0.15, -0.1) is 10.1 Å². The zero-order valence-electron chi connectivity index (χ0n) is 22.1. The number of carbonyl (C=O) groups is 1. The van der Waals surface area contributed by atoms with Crippen molar-refractivity contribution in [3.05, 3.63) is 64.2 Å². The van der Waals surface area contributed by atoms with Crippen LogP contribution in [0.25, 0.3) is 0 Å². The maximum Gasteiger partial charge on any atom is 0.416 e. The van der Waals surface area contributed by atoms with E-state index in [0.29, 0.717) is 19.3 Å². The van der Waals surface area contributed by atoms with E-state index in [0.717, 1.165) is 12.1 Å². The van der Waals surface area contributed by atoms with Gasteiger partial charge >= 0.3 is 12.1 Å². The zero-order valence-corrected chi connectivity index (χ0v) is 22.1. The topological polar surface area (TPSA) is 149 Å². The molecule has 1 fully saturated rings. The van der Waals surface area contributed by atoms with Crippen molar-refractivity contribution in [2.45, 2.75) is 63.5 Å². The molecule has 13 heteroatoms. The summed E-state index contributed by atoms with van der Waals surface area (Å²) in [5, 5.41) is 40.2. The number of esters is 1. The number of allylic oxidation sites excluding steroid dienone is 2. The second-order valence-electron chi connectivity index (χ2n) is 9.81. The number of benzene rings is 1. The Hall–Kier alpha value is -3.16. The van der Waals surface area contributed by atoms with Crippen molar-refractivity contribution in [2.24, 2.45) is 17.8 Å². The number of unbranched alkanes of at least 4 members (excludes halogenated alkanes) is 1. The number of ether oxygens (including phenoxy) is 2. The van der Waals surface area contributed by atoms with Gasteiger partial charge in [0.1, 0.15) is 25.1 Å². The number of halogens is 3. The first-order valence-corrected chi connectivity index (χ1v) is 13.0. The maximum atomic E-state index is 12.8. The van der Waals surface area contributed by atoms with E-state index in [2.05, 4.69) is 4.84 Å². The van der Waals surface area contributed by atoms with Gasteiger partial charge in [-0.05, 0) is 43.4 Å². The molecule has 0 heterocycles. The molecule has 6 atom stereocenters. The smallest absolute Gasteiger partial charge is 0.416 e. The molecule has 0 amide bonds. The zero-order chi connectivity index (χ0) is 29.7. The van der Waals surface area contributed by atoms with Crippen LogP contribution in [0.4, 0.5) is 13.2 Å². The molecule has 1 aliphatic rings. The lowest BCUT2D eigenvalue weighted by molar-refractivity contribution is -0.759. The molecule has 0 saturated heterocycles. The molecule has 10 nitrogen and oxygen atoms in total. The van der Waals surface area contributed by atoms with E-state index in [9.17, 15) is 43.4 Å². The summed E-state index contributed by atoms with van der Waals surface area (Å²) in [6.45, 7) is 1.23. The van der Waals surface area contributed by atoms with Crippen molar-refractivity contribution in [2.75, 3.05) is 19.8 Å². The molecular weight excluding hydrogens is 539 g/mol. The number of hydrogen-bond donors (Lipinski definition) is 3. The lowest BCUT2D eigenvalue weighted by Gasteiger charge is -2.19. The largest absolute Gasteiger partial charge is 0.491 e. The first-order chi connectivity index (χ1) is 18.9. The fraction of sp³-hybridized carbons (Fsp3) is 0.593. The number of aliphatic hydroxyl groups is 3. The summed E-state index contributed by atoms with van der Waals surface area (Å²) in [7, 11) is 0. The van der Waals surface area contributed by atoms with Gasteiger partial charge < -0.3 is 29.6 Å². The van der Waals surface area contributed by atoms with Crippen LogP contribution in [0.1, 0.15) is 44.6 Å². The van der Waals surface area contributed by atoms with E-state index in [1.807, 2.05) is 12.2 Å². The van der Waals surface area contributed by atoms with E-state index in [1.165, 1.54) is 18.2 Å². The average Bonchev–Trinajstić information content (AvgIpc) is 3.16. The normalized spacial score (nSPS) is 22.9. The molecule has 2 rings (SSSR count). The van der Waals surface area contributed by atoms with Crippen molar-refractivity contribution >= 4 is 5.97 Å². The fourth-order valence-electron chi connectivity index (χ4n) is 4.24. The van der Waals surface area contributed by atoms with E-state index in [1.54, 1.807) is 13.0 Å². The van der Waals surface area contributed by atoms with Crippen LogP contribution in [0.5, 0.6) is 5.75 Å². The second kappa shape index (κ2) is 16.2. The van der Waals surface area contributed by atoms with Crippen LogP contribution in [0.3, 0.4) is 0 Å². The minimum atomic E-state index is -4.51. The highest BCUT2D eigenvalue weighted by Gasteiger charge is 2.39. The molecule has 1 saturated carbocycles. The van der Waals surface area contributed by atoms with E-state index in [4.69, 9.17) is 9.47 Å². The van der Waals surface area contributed by atoms with Gasteiger partial charge in [-0.3, -0.25) is 4.79 Å². The highest BCUT2D eigenvalue weighted by atomic mass is 19.4. The molecule has 0 aliphatic heterocycles. The third-order valence-electron chi connectivity index (χ3n) is 6.37. The Morgan fingerprint density at radius 1 is 1.20 bits per heavy atom. The summed E-state index contributed by atoms with van der Waals surface area (Å²) in [6.07, 6.45) is 1.34. The summed E-state index contributed by atoms with van der Waals surface area (Å²) in [5.41, 5.74) is -0.860. The van der Waals surface area contributed by atoms with Crippen molar-refractivity contribution in [1.29, 1.82) is 0 Å². The Morgan fingerprint density at radius 2 is 1.95 bits per heavy atom. The minimum Gasteiger partial charge on any atom is -0.491 e. The Labute approximate surface area is 230 Å². The summed E-state index contributed by atoms with van der Waals surface area (Å²) < 4.78 is 48.8. The van der Waals surface area contributed by atoms with Gasteiger partial charge in [0, 0.05) is 24.7 Å². The Kier molecular flexibility index (Phi) is 13.4. The molecule has 1 unspecified atom stereocenters. The minimum absolute atomic E-state index is 0.0192. The first-order valence-electron chi connectivity index (χ1n) is 13.0. The molecule has 1 aromatic carbocycles. The maximum absolute atomic E-state index is 12.8. The van der Waals surface area contributed by atoms with Crippen LogP contribution in [0.15, 0.2) is 48.6 Å². The van der Waals surface area contributed by atoms with Crippen LogP contribution < -0.4 is 4.74 Å². The molecule has 1 aliphatic carbocycles. The van der Waals surface area contributed by atoms with Crippen molar-refractivity contribution in [3.63, 3.8) is 0 Å². The summed E-state index contributed by atoms with van der Waals surface area (Å²) in [6, 6.07) is 4.33. The van der Waals surface area contributed by atoms with Gasteiger partial charge in [-0.25, -0.2) is 0 Å². The van der Waals surface area contributed by atoms with Crippen molar-refractivity contribution in [3.8, 4) is 5.75 Å². The van der Waals surface area contributed by atoms with Crippen LogP contribution in [0, 0.1) is 27.9 Å². The molecule has 40 heavy (non-hydrogen) atoms. The third kappa shape index (κ3) is 11.9. The highest BCUT2D eigenvalue weighted by Crippen LogP contribution is 2.36. The molecule has 3 N–H and O–H groups in total. The van der Waals surface area contributed by atoms with Gasteiger partial charge in [0.2, 0.25) is 0 Å². The third-order valence-corrected chi connectivity index (χ3v) is 6.37. The van der Waals surface area contributed by atoms with Gasteiger partial charge in [0.25, 0.3) is 5.09 Å². The first kappa shape index (κ1) is 33.0. The van der Waals surface area contributed by atoms with Crippen LogP contribution in [-0.4, -0.2) is 64.5 Å². The van der Waals surface area contributed by atoms with Gasteiger partial charge in [0.15, 0.2) is 0 Å². The molecule has 0 spiro atoms. The highest BCUT2D eigenvalue weighted by molar-refractivity contribution is 5.69. The lowest BCUT2D eigenvalue weighted by atomic mass is 9.89. The van der Waals surface area contributed by atoms with E-state index in [-0.39, 0.29) is 50.2 Å². The van der Waals surface area contributed by atoms with Crippen LogP contribution in [-0.2, 0) is 20.5 Å². The summed E-state index contributed by atoms with van der Waals surface area (Å²) in [4.78, 5) is 26.2. The number of carbonyl (C=O) groups excluding carboxylic acids is 1. The SMILES string of the molecule is CC(COC(=O)CCC/C=C\C[C@@H]1[C@@H](/C=C/[C@@H](O)COc2cccc(C(F)(F)F)c2)[C@H](O)C[C@@H]1O)CO[N+](=O)[O-]. The van der Waals surface area contributed by atoms with Crippen molar-refractivity contribution < 1.29 is 52.7 Å². The summed E-state index contributed by atoms with van der Waals surface area (Å²) >= 11 is 0. The number of aliphatic hydroxyl groups excluding tert-OH is 3. The number of rotatable bonds is 16.